The zero-order valence-electron chi connectivity index (χ0n) is 11.4. The smallest absolute Gasteiger partial charge is 0.263 e. The SMILES string of the molecule is C[C@H](Oc1ccc(Br)cc1)C(=O)N1CC[NH+](C)CC1. The molecule has 1 amide bonds. The first-order valence-corrected chi connectivity index (χ1v) is 7.38. The second-order valence-corrected chi connectivity index (χ2v) is 5.91. The number of amides is 1. The molecule has 1 fully saturated rings. The van der Waals surface area contributed by atoms with Crippen molar-refractivity contribution in [1.29, 1.82) is 0 Å². The molecule has 0 spiro atoms. The maximum absolute atomic E-state index is 12.3. The fourth-order valence-electron chi connectivity index (χ4n) is 2.13. The quantitative estimate of drug-likeness (QED) is 0.881. The van der Waals surface area contributed by atoms with Gasteiger partial charge < -0.3 is 14.5 Å². The first kappa shape index (κ1) is 14.3. The molecule has 1 aromatic carbocycles. The van der Waals surface area contributed by atoms with Gasteiger partial charge in [0.15, 0.2) is 6.10 Å². The number of piperazine rings is 1. The molecule has 1 aromatic rings. The second-order valence-electron chi connectivity index (χ2n) is 5.00. The molecular weight excluding hydrogens is 308 g/mol. The van der Waals surface area contributed by atoms with Crippen LogP contribution in [0.1, 0.15) is 6.92 Å². The van der Waals surface area contributed by atoms with Gasteiger partial charge in [-0.15, -0.1) is 0 Å². The second kappa shape index (κ2) is 6.39. The molecule has 1 heterocycles. The largest absolute Gasteiger partial charge is 0.481 e. The Labute approximate surface area is 122 Å². The number of likely N-dealkylation sites (N-methyl/N-ethyl adjacent to an activating group) is 1. The summed E-state index contributed by atoms with van der Waals surface area (Å²) in [6.45, 7) is 5.47. The van der Waals surface area contributed by atoms with Crippen LogP contribution >= 0.6 is 15.9 Å². The number of nitrogens with zero attached hydrogens (tertiary/aromatic N) is 1. The van der Waals surface area contributed by atoms with Gasteiger partial charge in [-0.25, -0.2) is 0 Å². The van der Waals surface area contributed by atoms with Crippen LogP contribution in [-0.2, 0) is 4.79 Å². The van der Waals surface area contributed by atoms with Gasteiger partial charge in [-0.3, -0.25) is 4.79 Å². The minimum absolute atomic E-state index is 0.0791. The molecule has 0 aromatic heterocycles. The number of hydrogen-bond acceptors (Lipinski definition) is 2. The molecule has 1 saturated heterocycles. The van der Waals surface area contributed by atoms with Crippen LogP contribution in [0.3, 0.4) is 0 Å². The molecule has 0 bridgehead atoms. The third-order valence-corrected chi connectivity index (χ3v) is 3.93. The molecule has 0 radical (unpaired) electrons. The summed E-state index contributed by atoms with van der Waals surface area (Å²) in [7, 11) is 2.16. The average Bonchev–Trinajstić information content (AvgIpc) is 2.41. The Morgan fingerprint density at radius 1 is 1.32 bits per heavy atom. The molecule has 104 valence electrons. The number of quaternary nitrogens is 1. The van der Waals surface area contributed by atoms with Crippen molar-refractivity contribution < 1.29 is 14.4 Å². The van der Waals surface area contributed by atoms with E-state index in [1.54, 1.807) is 0 Å². The zero-order chi connectivity index (χ0) is 13.8. The Bertz CT molecular complexity index is 428. The van der Waals surface area contributed by atoms with E-state index in [1.807, 2.05) is 36.1 Å². The number of nitrogens with one attached hydrogen (secondary N) is 1. The predicted molar refractivity (Wildman–Crippen MR) is 77.4 cm³/mol. The van der Waals surface area contributed by atoms with Gasteiger partial charge in [0.1, 0.15) is 5.75 Å². The molecule has 1 aliphatic rings. The summed E-state index contributed by atoms with van der Waals surface area (Å²) >= 11 is 3.38. The van der Waals surface area contributed by atoms with E-state index in [1.165, 1.54) is 4.90 Å². The van der Waals surface area contributed by atoms with Gasteiger partial charge in [0.05, 0.1) is 33.2 Å². The minimum atomic E-state index is -0.431. The maximum atomic E-state index is 12.3. The van der Waals surface area contributed by atoms with Crippen molar-refractivity contribution in [2.45, 2.75) is 13.0 Å². The third-order valence-electron chi connectivity index (χ3n) is 3.40. The first-order chi connectivity index (χ1) is 9.06. The van der Waals surface area contributed by atoms with Crippen molar-refractivity contribution in [3.05, 3.63) is 28.7 Å². The summed E-state index contributed by atoms with van der Waals surface area (Å²) < 4.78 is 6.69. The van der Waals surface area contributed by atoms with Crippen LogP contribution in [0.5, 0.6) is 5.75 Å². The Morgan fingerprint density at radius 3 is 2.47 bits per heavy atom. The van der Waals surface area contributed by atoms with Gasteiger partial charge in [0.2, 0.25) is 0 Å². The predicted octanol–water partition coefficient (Wildman–Crippen LogP) is 0.573. The fourth-order valence-corrected chi connectivity index (χ4v) is 2.40. The van der Waals surface area contributed by atoms with Gasteiger partial charge in [0.25, 0.3) is 5.91 Å². The van der Waals surface area contributed by atoms with E-state index < -0.39 is 6.10 Å². The van der Waals surface area contributed by atoms with Gasteiger partial charge >= 0.3 is 0 Å². The van der Waals surface area contributed by atoms with Gasteiger partial charge in [-0.2, -0.15) is 0 Å². The van der Waals surface area contributed by atoms with Crippen LogP contribution < -0.4 is 9.64 Å². The van der Waals surface area contributed by atoms with E-state index in [4.69, 9.17) is 4.74 Å². The van der Waals surface area contributed by atoms with E-state index in [0.29, 0.717) is 0 Å². The van der Waals surface area contributed by atoms with E-state index in [-0.39, 0.29) is 5.91 Å². The summed E-state index contributed by atoms with van der Waals surface area (Å²) in [5, 5.41) is 0. The summed E-state index contributed by atoms with van der Waals surface area (Å²) in [5.74, 6) is 0.805. The van der Waals surface area contributed by atoms with Gasteiger partial charge in [-0.05, 0) is 31.2 Å². The molecule has 0 aliphatic carbocycles. The summed E-state index contributed by atoms with van der Waals surface area (Å²) in [6, 6.07) is 7.54. The zero-order valence-corrected chi connectivity index (χ0v) is 12.9. The normalized spacial score (nSPS) is 18.2. The Kier molecular flexibility index (Phi) is 4.82. The van der Waals surface area contributed by atoms with Crippen LogP contribution in [0.2, 0.25) is 0 Å². The first-order valence-electron chi connectivity index (χ1n) is 6.58. The molecule has 4 nitrogen and oxygen atoms in total. The van der Waals surface area contributed by atoms with Crippen LogP contribution in [0, 0.1) is 0 Å². The lowest BCUT2D eigenvalue weighted by Gasteiger charge is -2.31. The number of rotatable bonds is 3. The van der Waals surface area contributed by atoms with Gasteiger partial charge in [0, 0.05) is 4.47 Å². The van der Waals surface area contributed by atoms with Crippen molar-refractivity contribution in [3.8, 4) is 5.75 Å². The van der Waals surface area contributed by atoms with Crippen LogP contribution in [-0.4, -0.2) is 50.1 Å². The summed E-state index contributed by atoms with van der Waals surface area (Å²) in [4.78, 5) is 15.6. The topological polar surface area (TPSA) is 34.0 Å². The van der Waals surface area contributed by atoms with E-state index in [0.717, 1.165) is 36.4 Å². The lowest BCUT2D eigenvalue weighted by Crippen LogP contribution is -3.12. The molecule has 1 atom stereocenters. The number of halogens is 1. The highest BCUT2D eigenvalue weighted by Gasteiger charge is 2.26. The number of carbonyl (C=O) groups excluding carboxylic acids is 1. The molecule has 5 heteroatoms. The molecule has 1 aliphatic heterocycles. The number of hydrogen-bond donors (Lipinski definition) is 1. The van der Waals surface area contributed by atoms with Crippen molar-refractivity contribution in [2.75, 3.05) is 33.2 Å². The molecule has 19 heavy (non-hydrogen) atoms. The highest BCUT2D eigenvalue weighted by molar-refractivity contribution is 9.10. The summed E-state index contributed by atoms with van der Waals surface area (Å²) in [5.41, 5.74) is 0. The van der Waals surface area contributed by atoms with E-state index in [2.05, 4.69) is 23.0 Å². The number of benzene rings is 1. The number of ether oxygens (including phenoxy) is 1. The van der Waals surface area contributed by atoms with Gasteiger partial charge in [-0.1, -0.05) is 15.9 Å². The highest BCUT2D eigenvalue weighted by Crippen LogP contribution is 2.17. The lowest BCUT2D eigenvalue weighted by molar-refractivity contribution is -0.883. The minimum Gasteiger partial charge on any atom is -0.481 e. The van der Waals surface area contributed by atoms with Crippen molar-refractivity contribution in [2.24, 2.45) is 0 Å². The Hall–Kier alpha value is -1.07. The van der Waals surface area contributed by atoms with Crippen molar-refractivity contribution in [1.82, 2.24) is 4.90 Å². The van der Waals surface area contributed by atoms with Crippen molar-refractivity contribution >= 4 is 21.8 Å². The summed E-state index contributed by atoms with van der Waals surface area (Å²) in [6.07, 6.45) is -0.431. The Morgan fingerprint density at radius 2 is 1.89 bits per heavy atom. The molecule has 0 saturated carbocycles. The van der Waals surface area contributed by atoms with Crippen LogP contribution in [0.15, 0.2) is 28.7 Å². The van der Waals surface area contributed by atoms with E-state index in [9.17, 15) is 4.79 Å². The third kappa shape index (κ3) is 3.94. The average molecular weight is 328 g/mol. The molecular formula is C14H20BrN2O2+. The van der Waals surface area contributed by atoms with Crippen LogP contribution in [0.4, 0.5) is 0 Å². The molecule has 0 unspecified atom stereocenters. The number of carbonyl (C=O) groups is 1. The van der Waals surface area contributed by atoms with Crippen molar-refractivity contribution in [3.63, 3.8) is 0 Å². The van der Waals surface area contributed by atoms with E-state index >= 15 is 0 Å². The molecule has 2 rings (SSSR count). The standard InChI is InChI=1S/C14H19BrN2O2/c1-11(19-13-5-3-12(15)4-6-13)14(18)17-9-7-16(2)8-10-17/h3-6,11H,7-10H2,1-2H3/p+1/t11-/m0/s1. The Balaban J connectivity index is 1.90. The lowest BCUT2D eigenvalue weighted by atomic mass is 10.2. The molecule has 1 N–H and O–H groups in total. The fraction of sp³-hybridized carbons (Fsp3) is 0.500. The highest BCUT2D eigenvalue weighted by atomic mass is 79.9. The van der Waals surface area contributed by atoms with Crippen LogP contribution in [0.25, 0.3) is 0 Å². The monoisotopic (exact) mass is 327 g/mol. The maximum Gasteiger partial charge on any atom is 0.263 e.